The Morgan fingerprint density at radius 1 is 0.872 bits per heavy atom. The highest BCUT2D eigenvalue weighted by molar-refractivity contribution is 9.10. The van der Waals surface area contributed by atoms with Crippen LogP contribution in [-0.4, -0.2) is 42.7 Å². The molecule has 1 heterocycles. The summed E-state index contributed by atoms with van der Waals surface area (Å²) in [6, 6.07) is 28.7. The number of ether oxygens (including phenoxy) is 2. The van der Waals surface area contributed by atoms with Crippen molar-refractivity contribution in [3.8, 4) is 22.8 Å². The fraction of sp³-hybridized carbons (Fsp3) is 0.0857. The molecule has 0 saturated carbocycles. The molecule has 0 spiro atoms. The first kappa shape index (κ1) is 33.5. The van der Waals surface area contributed by atoms with Gasteiger partial charge in [-0.15, -0.1) is 23.1 Å². The number of anilines is 2. The van der Waals surface area contributed by atoms with Gasteiger partial charge in [0.2, 0.25) is 5.91 Å². The van der Waals surface area contributed by atoms with Crippen LogP contribution >= 0.6 is 39.0 Å². The highest BCUT2D eigenvalue weighted by Gasteiger charge is 2.16. The number of benzene rings is 4. The predicted molar refractivity (Wildman–Crippen MR) is 191 cm³/mol. The highest BCUT2D eigenvalue weighted by Crippen LogP contribution is 2.33. The molecule has 0 atom stereocenters. The zero-order chi connectivity index (χ0) is 33.2. The summed E-state index contributed by atoms with van der Waals surface area (Å²) < 4.78 is 11.5. The molecule has 0 aliphatic carbocycles. The summed E-state index contributed by atoms with van der Waals surface area (Å²) in [4.78, 5) is 44.4. The quantitative estimate of drug-likeness (QED) is 0.0889. The summed E-state index contributed by atoms with van der Waals surface area (Å²) in [5.74, 6) is 0.209. The minimum absolute atomic E-state index is 0.0743. The fourth-order valence-electron chi connectivity index (χ4n) is 4.33. The normalized spacial score (nSPS) is 11.0. The van der Waals surface area contributed by atoms with Crippen LogP contribution in [-0.2, 0) is 9.59 Å². The van der Waals surface area contributed by atoms with Gasteiger partial charge in [-0.2, -0.15) is 0 Å². The first-order valence-electron chi connectivity index (χ1n) is 14.2. The number of nitrogens with zero attached hydrogens (tertiary/aromatic N) is 1. The van der Waals surface area contributed by atoms with Crippen LogP contribution in [0.2, 0.25) is 0 Å². The van der Waals surface area contributed by atoms with E-state index in [0.717, 1.165) is 20.5 Å². The van der Waals surface area contributed by atoms with Crippen molar-refractivity contribution >= 4 is 73.6 Å². The van der Waals surface area contributed by atoms with Crippen LogP contribution in [0.3, 0.4) is 0 Å². The van der Waals surface area contributed by atoms with Gasteiger partial charge in [0.1, 0.15) is 5.70 Å². The molecule has 3 N–H and O–H groups in total. The number of methoxy groups -OCH3 is 2. The molecule has 0 radical (unpaired) electrons. The third-order valence-corrected chi connectivity index (χ3v) is 8.82. The highest BCUT2D eigenvalue weighted by atomic mass is 79.9. The molecule has 0 saturated heterocycles. The van der Waals surface area contributed by atoms with Crippen LogP contribution in [0.5, 0.6) is 11.5 Å². The number of aromatic nitrogens is 1. The van der Waals surface area contributed by atoms with E-state index in [-0.39, 0.29) is 17.4 Å². The number of rotatable bonds is 12. The number of nitrogens with one attached hydrogen (secondary N) is 3. The van der Waals surface area contributed by atoms with Crippen LogP contribution in [0.25, 0.3) is 17.3 Å². The third kappa shape index (κ3) is 9.32. The van der Waals surface area contributed by atoms with Crippen LogP contribution in [0.4, 0.5) is 10.8 Å². The van der Waals surface area contributed by atoms with Gasteiger partial charge in [0.15, 0.2) is 16.6 Å². The van der Waals surface area contributed by atoms with Gasteiger partial charge in [0, 0.05) is 31.6 Å². The molecular weight excluding hydrogens is 700 g/mol. The number of hydrogen-bond acceptors (Lipinski definition) is 8. The van der Waals surface area contributed by atoms with E-state index in [1.807, 2.05) is 53.9 Å². The van der Waals surface area contributed by atoms with Crippen LogP contribution in [0, 0.1) is 0 Å². The minimum Gasteiger partial charge on any atom is -0.493 e. The monoisotopic (exact) mass is 728 g/mol. The van der Waals surface area contributed by atoms with Gasteiger partial charge in [-0.05, 0) is 72.3 Å². The lowest BCUT2D eigenvalue weighted by Gasteiger charge is -2.12. The molecule has 0 bridgehead atoms. The van der Waals surface area contributed by atoms with Gasteiger partial charge < -0.3 is 25.4 Å². The van der Waals surface area contributed by atoms with Crippen molar-refractivity contribution < 1.29 is 23.9 Å². The lowest BCUT2D eigenvalue weighted by Crippen LogP contribution is -2.30. The number of thiazole rings is 1. The average Bonchev–Trinajstić information content (AvgIpc) is 3.55. The summed E-state index contributed by atoms with van der Waals surface area (Å²) >= 11 is 6.08. The van der Waals surface area contributed by atoms with E-state index in [0.29, 0.717) is 33.6 Å². The molecule has 5 rings (SSSR count). The zero-order valence-corrected chi connectivity index (χ0v) is 28.5. The Hall–Kier alpha value is -4.91. The number of hydrogen-bond donors (Lipinski definition) is 3. The number of carbonyl (C=O) groups excluding carboxylic acids is 3. The van der Waals surface area contributed by atoms with Gasteiger partial charge in [0.05, 0.1) is 25.7 Å². The number of halogens is 1. The van der Waals surface area contributed by atoms with Gasteiger partial charge in [0.25, 0.3) is 11.8 Å². The average molecular weight is 730 g/mol. The van der Waals surface area contributed by atoms with Crippen molar-refractivity contribution in [2.45, 2.75) is 4.90 Å². The Kier molecular flexibility index (Phi) is 11.4. The molecule has 12 heteroatoms. The molecule has 5 aromatic rings. The minimum atomic E-state index is -0.497. The molecule has 0 aliphatic heterocycles. The molecule has 0 unspecified atom stereocenters. The van der Waals surface area contributed by atoms with Crippen molar-refractivity contribution in [3.05, 3.63) is 124 Å². The van der Waals surface area contributed by atoms with E-state index >= 15 is 0 Å². The first-order valence-corrected chi connectivity index (χ1v) is 16.8. The summed E-state index contributed by atoms with van der Waals surface area (Å²) in [6.45, 7) is 0. The van der Waals surface area contributed by atoms with Gasteiger partial charge in [-0.25, -0.2) is 4.98 Å². The van der Waals surface area contributed by atoms with Crippen molar-refractivity contribution in [3.63, 3.8) is 0 Å². The van der Waals surface area contributed by atoms with Crippen molar-refractivity contribution in [2.75, 3.05) is 30.6 Å². The second-order valence-electron chi connectivity index (χ2n) is 9.86. The molecule has 3 amide bonds. The molecule has 1 aromatic heterocycles. The SMILES string of the molecule is COc1ccc(-c2csc(NC(=O)CSc3cccc(NC(=O)/C(=C\c4cccc(Br)c4)NC(=O)c4ccccc4)c3)n2)cc1OC. The molecule has 9 nitrogen and oxygen atoms in total. The van der Waals surface area contributed by atoms with Crippen LogP contribution in [0.15, 0.2) is 118 Å². The Morgan fingerprint density at radius 3 is 2.43 bits per heavy atom. The Labute approximate surface area is 288 Å². The molecule has 0 aliphatic rings. The second kappa shape index (κ2) is 16.1. The lowest BCUT2D eigenvalue weighted by molar-refractivity contribution is -0.114. The Balaban J connectivity index is 1.22. The van der Waals surface area contributed by atoms with Crippen LogP contribution in [0.1, 0.15) is 15.9 Å². The molecule has 0 fully saturated rings. The van der Waals surface area contributed by atoms with Crippen LogP contribution < -0.4 is 25.4 Å². The van der Waals surface area contributed by atoms with Gasteiger partial charge in [-0.3, -0.25) is 14.4 Å². The van der Waals surface area contributed by atoms with E-state index in [1.165, 1.54) is 23.1 Å². The third-order valence-electron chi connectivity index (χ3n) is 6.58. The summed E-state index contributed by atoms with van der Waals surface area (Å²) in [5, 5.41) is 10.8. The predicted octanol–water partition coefficient (Wildman–Crippen LogP) is 7.73. The van der Waals surface area contributed by atoms with E-state index in [4.69, 9.17) is 9.47 Å². The first-order chi connectivity index (χ1) is 22.8. The summed E-state index contributed by atoms with van der Waals surface area (Å²) in [6.07, 6.45) is 1.61. The van der Waals surface area contributed by atoms with E-state index in [9.17, 15) is 14.4 Å². The number of carbonyl (C=O) groups is 3. The summed E-state index contributed by atoms with van der Waals surface area (Å²) in [5.41, 5.74) is 3.27. The standard InChI is InChI=1S/C35H29BrN4O5S2/c1-44-30-15-14-24(18-31(30)45-2)29-20-47-35(39-29)40-32(41)21-46-27-13-7-12-26(19-27)37-34(43)28(17-22-8-6-11-25(36)16-22)38-33(42)23-9-4-3-5-10-23/h3-20H,21H2,1-2H3,(H,37,43)(H,38,42)(H,39,40,41)/b28-17+. The maximum Gasteiger partial charge on any atom is 0.272 e. The van der Waals surface area contributed by atoms with Crippen molar-refractivity contribution in [2.24, 2.45) is 0 Å². The number of thioether (sulfide) groups is 1. The smallest absolute Gasteiger partial charge is 0.272 e. The van der Waals surface area contributed by atoms with Crippen molar-refractivity contribution in [1.82, 2.24) is 10.3 Å². The molecule has 4 aromatic carbocycles. The maximum absolute atomic E-state index is 13.4. The van der Waals surface area contributed by atoms with E-state index in [1.54, 1.807) is 68.8 Å². The molecule has 238 valence electrons. The van der Waals surface area contributed by atoms with E-state index < -0.39 is 11.8 Å². The van der Waals surface area contributed by atoms with E-state index in [2.05, 4.69) is 36.9 Å². The molecule has 47 heavy (non-hydrogen) atoms. The van der Waals surface area contributed by atoms with Crippen molar-refractivity contribution in [1.29, 1.82) is 0 Å². The maximum atomic E-state index is 13.4. The summed E-state index contributed by atoms with van der Waals surface area (Å²) in [7, 11) is 3.15. The van der Waals surface area contributed by atoms with Gasteiger partial charge >= 0.3 is 0 Å². The zero-order valence-electron chi connectivity index (χ0n) is 25.3. The fourth-order valence-corrected chi connectivity index (χ4v) is 6.24. The molecular formula is C35H29BrN4O5S2. The number of amides is 3. The topological polar surface area (TPSA) is 119 Å². The lowest BCUT2D eigenvalue weighted by atomic mass is 10.1. The van der Waals surface area contributed by atoms with Gasteiger partial charge in [-0.1, -0.05) is 52.3 Å². The Bertz CT molecular complexity index is 1930. The Morgan fingerprint density at radius 2 is 1.66 bits per heavy atom. The largest absolute Gasteiger partial charge is 0.493 e. The second-order valence-corrected chi connectivity index (χ2v) is 12.7.